The van der Waals surface area contributed by atoms with Gasteiger partial charge in [-0.1, -0.05) is 6.92 Å². The fourth-order valence-corrected chi connectivity index (χ4v) is 3.99. The van der Waals surface area contributed by atoms with Gasteiger partial charge in [0.2, 0.25) is 15.9 Å². The minimum atomic E-state index is -3.75. The summed E-state index contributed by atoms with van der Waals surface area (Å²) in [6.07, 6.45) is 0. The van der Waals surface area contributed by atoms with Crippen molar-refractivity contribution in [2.45, 2.75) is 31.7 Å². The molecule has 1 N–H and O–H groups in total. The first-order valence-electron chi connectivity index (χ1n) is 8.63. The van der Waals surface area contributed by atoms with Crippen LogP contribution in [-0.2, 0) is 14.8 Å². The maximum absolute atomic E-state index is 12.5. The van der Waals surface area contributed by atoms with Gasteiger partial charge in [0.25, 0.3) is 0 Å². The monoisotopic (exact) mass is 369 g/mol. The molecular weight excluding hydrogens is 342 g/mol. The molecule has 0 spiro atoms. The van der Waals surface area contributed by atoms with Crippen LogP contribution < -0.4 is 9.46 Å². The number of ether oxygens (including phenoxy) is 1. The molecule has 0 bridgehead atoms. The van der Waals surface area contributed by atoms with Gasteiger partial charge in [-0.15, -0.1) is 0 Å². The summed E-state index contributed by atoms with van der Waals surface area (Å²) in [4.78, 5) is 16.6. The lowest BCUT2D eigenvalue weighted by atomic mass is 10.2. The highest BCUT2D eigenvalue weighted by Gasteiger charge is 2.27. The molecule has 0 saturated carbocycles. The van der Waals surface area contributed by atoms with Gasteiger partial charge in [0.05, 0.1) is 17.5 Å². The number of carbonyl (C=O) groups is 1. The van der Waals surface area contributed by atoms with E-state index in [0.717, 1.165) is 19.6 Å². The Labute approximate surface area is 150 Å². The number of likely N-dealkylation sites (N-methyl/N-ethyl adjacent to an activating group) is 1. The van der Waals surface area contributed by atoms with E-state index in [1.54, 1.807) is 24.0 Å². The number of nitrogens with zero attached hydrogens (tertiary/aromatic N) is 2. The lowest BCUT2D eigenvalue weighted by Gasteiger charge is -2.35. The largest absolute Gasteiger partial charge is 0.494 e. The van der Waals surface area contributed by atoms with Gasteiger partial charge >= 0.3 is 0 Å². The molecule has 1 amide bonds. The van der Waals surface area contributed by atoms with Crippen molar-refractivity contribution >= 4 is 15.9 Å². The number of sulfonamides is 1. The normalized spacial score (nSPS) is 17.3. The molecule has 7 nitrogen and oxygen atoms in total. The molecule has 8 heteroatoms. The van der Waals surface area contributed by atoms with Crippen molar-refractivity contribution in [3.8, 4) is 5.75 Å². The Morgan fingerprint density at radius 2 is 1.76 bits per heavy atom. The summed E-state index contributed by atoms with van der Waals surface area (Å²) < 4.78 is 32.7. The maximum Gasteiger partial charge on any atom is 0.241 e. The van der Waals surface area contributed by atoms with E-state index in [2.05, 4.69) is 16.5 Å². The summed E-state index contributed by atoms with van der Waals surface area (Å²) in [5, 5.41) is 0. The number of benzene rings is 1. The zero-order chi connectivity index (χ0) is 18.4. The van der Waals surface area contributed by atoms with Crippen molar-refractivity contribution in [1.82, 2.24) is 14.5 Å². The third-order valence-corrected chi connectivity index (χ3v) is 5.84. The van der Waals surface area contributed by atoms with Crippen LogP contribution in [0.1, 0.15) is 20.8 Å². The third kappa shape index (κ3) is 5.17. The van der Waals surface area contributed by atoms with Crippen molar-refractivity contribution in [1.29, 1.82) is 0 Å². The van der Waals surface area contributed by atoms with E-state index < -0.39 is 16.1 Å². The Morgan fingerprint density at radius 3 is 2.28 bits per heavy atom. The third-order valence-electron chi connectivity index (χ3n) is 4.28. The summed E-state index contributed by atoms with van der Waals surface area (Å²) >= 11 is 0. The number of nitrogens with one attached hydrogen (secondary N) is 1. The van der Waals surface area contributed by atoms with Crippen molar-refractivity contribution < 1.29 is 17.9 Å². The average molecular weight is 369 g/mol. The Bertz CT molecular complexity index is 668. The topological polar surface area (TPSA) is 78.9 Å². The molecule has 0 unspecified atom stereocenters. The first kappa shape index (κ1) is 19.7. The van der Waals surface area contributed by atoms with Crippen LogP contribution in [0.15, 0.2) is 29.2 Å². The molecule has 1 atom stereocenters. The summed E-state index contributed by atoms with van der Waals surface area (Å²) in [5.41, 5.74) is 0. The SMILES string of the molecule is CCOc1ccc(S(=O)(=O)N[C@@H](C)C(=O)N2CCN(CC)CC2)cc1. The van der Waals surface area contributed by atoms with Crippen LogP contribution in [0.25, 0.3) is 0 Å². The van der Waals surface area contributed by atoms with Gasteiger partial charge < -0.3 is 14.5 Å². The second-order valence-corrected chi connectivity index (χ2v) is 7.72. The van der Waals surface area contributed by atoms with Crippen LogP contribution in [0.5, 0.6) is 5.75 Å². The summed E-state index contributed by atoms with van der Waals surface area (Å²) in [6.45, 7) is 9.90. The maximum atomic E-state index is 12.5. The van der Waals surface area contributed by atoms with Crippen LogP contribution in [0.3, 0.4) is 0 Å². The molecule has 1 heterocycles. The Morgan fingerprint density at radius 1 is 1.16 bits per heavy atom. The molecule has 1 aliphatic rings. The van der Waals surface area contributed by atoms with Crippen LogP contribution in [0.2, 0.25) is 0 Å². The van der Waals surface area contributed by atoms with Gasteiger partial charge in [0.15, 0.2) is 0 Å². The molecule has 0 radical (unpaired) electrons. The molecule has 1 saturated heterocycles. The highest BCUT2D eigenvalue weighted by atomic mass is 32.2. The Kier molecular flexibility index (Phi) is 6.80. The van der Waals surface area contributed by atoms with Gasteiger partial charge in [-0.25, -0.2) is 8.42 Å². The van der Waals surface area contributed by atoms with Gasteiger partial charge in [0, 0.05) is 26.2 Å². The molecule has 1 fully saturated rings. The van der Waals surface area contributed by atoms with Crippen LogP contribution >= 0.6 is 0 Å². The van der Waals surface area contributed by atoms with Crippen LogP contribution in [-0.4, -0.2) is 69.5 Å². The zero-order valence-electron chi connectivity index (χ0n) is 15.1. The van der Waals surface area contributed by atoms with Crippen LogP contribution in [0.4, 0.5) is 0 Å². The molecule has 2 rings (SSSR count). The molecule has 140 valence electrons. The van der Waals surface area contributed by atoms with E-state index in [1.165, 1.54) is 12.1 Å². The second-order valence-electron chi connectivity index (χ2n) is 6.01. The Balaban J connectivity index is 1.98. The van der Waals surface area contributed by atoms with Crippen molar-refractivity contribution in [3.05, 3.63) is 24.3 Å². The van der Waals surface area contributed by atoms with E-state index in [1.807, 2.05) is 6.92 Å². The number of carbonyl (C=O) groups excluding carboxylic acids is 1. The lowest BCUT2D eigenvalue weighted by molar-refractivity contribution is -0.134. The molecular formula is C17H27N3O4S. The van der Waals surface area contributed by atoms with Gasteiger partial charge in [-0.05, 0) is 44.7 Å². The van der Waals surface area contributed by atoms with Crippen molar-refractivity contribution in [2.75, 3.05) is 39.3 Å². The van der Waals surface area contributed by atoms with Gasteiger partial charge in [0.1, 0.15) is 5.75 Å². The fraction of sp³-hybridized carbons (Fsp3) is 0.588. The second kappa shape index (κ2) is 8.64. The first-order chi connectivity index (χ1) is 11.9. The van der Waals surface area contributed by atoms with Crippen LogP contribution in [0, 0.1) is 0 Å². The number of hydrogen-bond donors (Lipinski definition) is 1. The van der Waals surface area contributed by atoms with E-state index in [4.69, 9.17) is 4.74 Å². The minimum Gasteiger partial charge on any atom is -0.494 e. The first-order valence-corrected chi connectivity index (χ1v) is 10.1. The predicted molar refractivity (Wildman–Crippen MR) is 96.1 cm³/mol. The number of amides is 1. The molecule has 25 heavy (non-hydrogen) atoms. The highest BCUT2D eigenvalue weighted by molar-refractivity contribution is 7.89. The van der Waals surface area contributed by atoms with Gasteiger partial charge in [-0.2, -0.15) is 4.72 Å². The van der Waals surface area contributed by atoms with E-state index >= 15 is 0 Å². The fourth-order valence-electron chi connectivity index (χ4n) is 2.79. The predicted octanol–water partition coefficient (Wildman–Crippen LogP) is 0.916. The van der Waals surface area contributed by atoms with Crippen molar-refractivity contribution in [3.63, 3.8) is 0 Å². The van der Waals surface area contributed by atoms with Gasteiger partial charge in [-0.3, -0.25) is 4.79 Å². The molecule has 0 aromatic heterocycles. The quantitative estimate of drug-likeness (QED) is 0.773. The summed E-state index contributed by atoms with van der Waals surface area (Å²) in [6, 6.07) is 5.36. The number of piperazine rings is 1. The lowest BCUT2D eigenvalue weighted by Crippen LogP contribution is -2.54. The summed E-state index contributed by atoms with van der Waals surface area (Å²) in [5.74, 6) is 0.421. The number of rotatable bonds is 7. The molecule has 1 aromatic rings. The molecule has 1 aliphatic heterocycles. The Hall–Kier alpha value is -1.64. The summed E-state index contributed by atoms with van der Waals surface area (Å²) in [7, 11) is -3.75. The van der Waals surface area contributed by atoms with E-state index in [0.29, 0.717) is 25.4 Å². The van der Waals surface area contributed by atoms with E-state index in [9.17, 15) is 13.2 Å². The zero-order valence-corrected chi connectivity index (χ0v) is 15.9. The molecule has 1 aromatic carbocycles. The van der Waals surface area contributed by atoms with Crippen molar-refractivity contribution in [2.24, 2.45) is 0 Å². The molecule has 0 aliphatic carbocycles. The van der Waals surface area contributed by atoms with E-state index in [-0.39, 0.29) is 10.8 Å². The standard InChI is InChI=1S/C17H27N3O4S/c1-4-19-10-12-20(13-11-19)17(21)14(3)18-25(22,23)16-8-6-15(7-9-16)24-5-2/h6-9,14,18H,4-5,10-13H2,1-3H3/t14-/m0/s1. The number of hydrogen-bond acceptors (Lipinski definition) is 5. The average Bonchev–Trinajstić information content (AvgIpc) is 2.61. The highest BCUT2D eigenvalue weighted by Crippen LogP contribution is 2.16. The minimum absolute atomic E-state index is 0.117. The smallest absolute Gasteiger partial charge is 0.241 e.